The molecule has 1 fully saturated rings. The van der Waals surface area contributed by atoms with Crippen molar-refractivity contribution in [2.75, 3.05) is 11.9 Å². The van der Waals surface area contributed by atoms with Crippen LogP contribution >= 0.6 is 11.3 Å². The van der Waals surface area contributed by atoms with Gasteiger partial charge in [0.15, 0.2) is 0 Å². The number of hydrogen-bond donors (Lipinski definition) is 1. The number of nitriles is 1. The van der Waals surface area contributed by atoms with E-state index < -0.39 is 10.0 Å². The lowest BCUT2D eigenvalue weighted by Crippen LogP contribution is -2.41. The van der Waals surface area contributed by atoms with Gasteiger partial charge in [0.25, 0.3) is 5.91 Å². The van der Waals surface area contributed by atoms with E-state index in [9.17, 15) is 18.5 Å². The zero-order valence-corrected chi connectivity index (χ0v) is 19.5. The predicted octanol–water partition coefficient (Wildman–Crippen LogP) is 4.56. The van der Waals surface area contributed by atoms with Gasteiger partial charge in [-0.25, -0.2) is 8.42 Å². The minimum Gasteiger partial charge on any atom is -0.312 e. The Morgan fingerprint density at radius 2 is 1.94 bits per heavy atom. The molecule has 0 bridgehead atoms. The van der Waals surface area contributed by atoms with Crippen molar-refractivity contribution in [2.24, 2.45) is 5.92 Å². The van der Waals surface area contributed by atoms with E-state index in [-0.39, 0.29) is 16.8 Å². The number of thiophene rings is 1. The maximum Gasteiger partial charge on any atom is 0.256 e. The third-order valence-corrected chi connectivity index (χ3v) is 9.51. The van der Waals surface area contributed by atoms with Crippen LogP contribution in [0.25, 0.3) is 0 Å². The molecule has 2 atom stereocenters. The minimum absolute atomic E-state index is 0.0151. The Kier molecular flexibility index (Phi) is 6.20. The van der Waals surface area contributed by atoms with Crippen molar-refractivity contribution in [1.29, 1.82) is 5.26 Å². The molecule has 1 aromatic heterocycles. The number of nitrogens with zero attached hydrogens (tertiary/aromatic N) is 2. The fourth-order valence-corrected chi connectivity index (χ4v) is 7.53. The summed E-state index contributed by atoms with van der Waals surface area (Å²) in [6.07, 6.45) is 5.64. The van der Waals surface area contributed by atoms with Crippen LogP contribution in [0.5, 0.6) is 0 Å². The molecule has 2 aliphatic rings. The SMILES string of the molecule is C[C@@H]1CCc2c(sc(NC(=O)c3ccc(S(=O)(=O)N4CCCC[C@@H]4C)cc3)c2C#N)C1. The molecule has 1 N–H and O–H groups in total. The van der Waals surface area contributed by atoms with Crippen molar-refractivity contribution in [2.45, 2.75) is 63.3 Å². The number of rotatable bonds is 4. The molecule has 0 saturated carbocycles. The monoisotopic (exact) mass is 457 g/mol. The fourth-order valence-electron chi connectivity index (χ4n) is 4.47. The van der Waals surface area contributed by atoms with Crippen molar-refractivity contribution in [3.8, 4) is 6.07 Å². The minimum atomic E-state index is -3.57. The number of carbonyl (C=O) groups excluding carboxylic acids is 1. The molecule has 164 valence electrons. The second-order valence-corrected chi connectivity index (χ2v) is 11.6. The molecule has 6 nitrogen and oxygen atoms in total. The van der Waals surface area contributed by atoms with Crippen LogP contribution in [-0.4, -0.2) is 31.2 Å². The molecule has 0 spiro atoms. The largest absolute Gasteiger partial charge is 0.312 e. The lowest BCUT2D eigenvalue weighted by molar-refractivity contribution is 0.102. The fraction of sp³-hybridized carbons (Fsp3) is 0.478. The van der Waals surface area contributed by atoms with Gasteiger partial charge in [-0.2, -0.15) is 9.57 Å². The molecular weight excluding hydrogens is 430 g/mol. The number of sulfonamides is 1. The van der Waals surface area contributed by atoms with Crippen LogP contribution in [-0.2, 0) is 22.9 Å². The van der Waals surface area contributed by atoms with E-state index in [0.717, 1.165) is 44.1 Å². The van der Waals surface area contributed by atoms with Crippen molar-refractivity contribution in [3.05, 3.63) is 45.8 Å². The lowest BCUT2D eigenvalue weighted by Gasteiger charge is -2.32. The van der Waals surface area contributed by atoms with Gasteiger partial charge in [0, 0.05) is 23.0 Å². The summed E-state index contributed by atoms with van der Waals surface area (Å²) in [6, 6.07) is 8.32. The molecule has 1 aliphatic heterocycles. The van der Waals surface area contributed by atoms with Gasteiger partial charge in [0.1, 0.15) is 11.1 Å². The summed E-state index contributed by atoms with van der Waals surface area (Å²) in [5, 5.41) is 13.1. The van der Waals surface area contributed by atoms with Crippen LogP contribution in [0.15, 0.2) is 29.2 Å². The first-order valence-corrected chi connectivity index (χ1v) is 13.0. The highest BCUT2D eigenvalue weighted by molar-refractivity contribution is 7.89. The highest BCUT2D eigenvalue weighted by Crippen LogP contribution is 2.39. The van der Waals surface area contributed by atoms with Crippen molar-refractivity contribution in [1.82, 2.24) is 4.31 Å². The highest BCUT2D eigenvalue weighted by Gasteiger charge is 2.31. The van der Waals surface area contributed by atoms with Crippen LogP contribution in [0, 0.1) is 17.2 Å². The number of hydrogen-bond acceptors (Lipinski definition) is 5. The molecule has 4 rings (SSSR count). The number of anilines is 1. The molecule has 1 aromatic carbocycles. The molecule has 1 saturated heterocycles. The summed E-state index contributed by atoms with van der Waals surface area (Å²) in [5.74, 6) is 0.247. The second kappa shape index (κ2) is 8.73. The van der Waals surface area contributed by atoms with Crippen LogP contribution < -0.4 is 5.32 Å². The molecular formula is C23H27N3O3S2. The smallest absolute Gasteiger partial charge is 0.256 e. The van der Waals surface area contributed by atoms with E-state index in [1.165, 1.54) is 28.3 Å². The Morgan fingerprint density at radius 3 is 2.61 bits per heavy atom. The Balaban J connectivity index is 1.53. The van der Waals surface area contributed by atoms with Crippen LogP contribution in [0.1, 0.15) is 65.9 Å². The van der Waals surface area contributed by atoms with Crippen LogP contribution in [0.2, 0.25) is 0 Å². The first kappa shape index (κ1) is 22.0. The molecule has 0 unspecified atom stereocenters. The van der Waals surface area contributed by atoms with Crippen molar-refractivity contribution >= 4 is 32.3 Å². The van der Waals surface area contributed by atoms with Gasteiger partial charge < -0.3 is 5.32 Å². The van der Waals surface area contributed by atoms with E-state index in [1.54, 1.807) is 16.4 Å². The molecule has 8 heteroatoms. The average Bonchev–Trinajstić information content (AvgIpc) is 3.09. The Hall–Kier alpha value is -2.21. The van der Waals surface area contributed by atoms with E-state index in [0.29, 0.717) is 28.6 Å². The number of benzene rings is 1. The third kappa shape index (κ3) is 4.27. The summed E-state index contributed by atoms with van der Waals surface area (Å²) < 4.78 is 27.5. The van der Waals surface area contributed by atoms with Gasteiger partial charge in [-0.15, -0.1) is 11.3 Å². The first-order chi connectivity index (χ1) is 14.8. The van der Waals surface area contributed by atoms with Gasteiger partial charge in [0.05, 0.1) is 10.5 Å². The van der Waals surface area contributed by atoms with Gasteiger partial charge in [0.2, 0.25) is 10.0 Å². The van der Waals surface area contributed by atoms with Crippen LogP contribution in [0.3, 0.4) is 0 Å². The quantitative estimate of drug-likeness (QED) is 0.729. The van der Waals surface area contributed by atoms with E-state index in [4.69, 9.17) is 0 Å². The second-order valence-electron chi connectivity index (χ2n) is 8.61. The van der Waals surface area contributed by atoms with Gasteiger partial charge in [-0.05, 0) is 74.8 Å². The van der Waals surface area contributed by atoms with Crippen LogP contribution in [0.4, 0.5) is 5.00 Å². The Bertz CT molecular complexity index is 1130. The van der Waals surface area contributed by atoms with E-state index in [1.807, 2.05) is 6.92 Å². The summed E-state index contributed by atoms with van der Waals surface area (Å²) in [6.45, 7) is 4.67. The number of fused-ring (bicyclic) bond motifs is 1. The normalized spacial score (nSPS) is 21.8. The topological polar surface area (TPSA) is 90.3 Å². The molecule has 1 amide bonds. The van der Waals surface area contributed by atoms with Crippen molar-refractivity contribution < 1.29 is 13.2 Å². The molecule has 1 aliphatic carbocycles. The van der Waals surface area contributed by atoms with E-state index >= 15 is 0 Å². The maximum atomic E-state index is 13.0. The highest BCUT2D eigenvalue weighted by atomic mass is 32.2. The molecule has 2 heterocycles. The first-order valence-electron chi connectivity index (χ1n) is 10.8. The molecule has 0 radical (unpaired) electrons. The average molecular weight is 458 g/mol. The molecule has 31 heavy (non-hydrogen) atoms. The number of amides is 1. The Morgan fingerprint density at radius 1 is 1.19 bits per heavy atom. The summed E-state index contributed by atoms with van der Waals surface area (Å²) >= 11 is 1.48. The zero-order chi connectivity index (χ0) is 22.2. The number of piperidine rings is 1. The third-order valence-electron chi connectivity index (χ3n) is 6.32. The predicted molar refractivity (Wildman–Crippen MR) is 122 cm³/mol. The van der Waals surface area contributed by atoms with Gasteiger partial charge >= 0.3 is 0 Å². The standard InChI is InChI=1S/C23H27N3O3S2/c1-15-6-11-19-20(14-24)23(30-21(19)13-15)25-22(27)17-7-9-18(10-8-17)31(28,29)26-12-4-3-5-16(26)2/h7-10,15-16H,3-6,11-13H2,1-2H3,(H,25,27)/t15-,16+/m1/s1. The lowest BCUT2D eigenvalue weighted by atomic mass is 9.88. The number of nitrogens with one attached hydrogen (secondary N) is 1. The van der Waals surface area contributed by atoms with Gasteiger partial charge in [-0.3, -0.25) is 4.79 Å². The Labute approximate surface area is 187 Å². The van der Waals surface area contributed by atoms with Crippen molar-refractivity contribution in [3.63, 3.8) is 0 Å². The summed E-state index contributed by atoms with van der Waals surface area (Å²) in [4.78, 5) is 14.2. The number of carbonyl (C=O) groups is 1. The van der Waals surface area contributed by atoms with Gasteiger partial charge in [-0.1, -0.05) is 13.3 Å². The maximum absolute atomic E-state index is 13.0. The van der Waals surface area contributed by atoms with E-state index in [2.05, 4.69) is 18.3 Å². The molecule has 2 aromatic rings. The summed E-state index contributed by atoms with van der Waals surface area (Å²) in [7, 11) is -3.57. The summed E-state index contributed by atoms with van der Waals surface area (Å²) in [5.41, 5.74) is 2.01. The zero-order valence-electron chi connectivity index (χ0n) is 17.8.